The molecule has 2 nitrogen and oxygen atoms in total. The number of piperidine rings is 1. The van der Waals surface area contributed by atoms with Gasteiger partial charge in [-0.2, -0.15) is 0 Å². The number of likely N-dealkylation sites (tertiary alicyclic amines) is 1. The molecule has 2 atom stereocenters. The third-order valence-corrected chi connectivity index (χ3v) is 4.35. The van der Waals surface area contributed by atoms with Crippen molar-refractivity contribution in [1.82, 2.24) is 10.2 Å². The zero-order chi connectivity index (χ0) is 13.0. The van der Waals surface area contributed by atoms with Crippen LogP contribution in [0.3, 0.4) is 0 Å². The lowest BCUT2D eigenvalue weighted by Crippen LogP contribution is -2.45. The Morgan fingerprint density at radius 3 is 2.33 bits per heavy atom. The highest BCUT2D eigenvalue weighted by atomic mass is 15.2. The van der Waals surface area contributed by atoms with Crippen LogP contribution in [0.4, 0.5) is 0 Å². The zero-order valence-electron chi connectivity index (χ0n) is 11.9. The van der Waals surface area contributed by atoms with Crippen LogP contribution in [-0.4, -0.2) is 31.1 Å². The fraction of sp³-hybridized carbons (Fsp3) is 0.625. The van der Waals surface area contributed by atoms with Crippen molar-refractivity contribution in [3.8, 4) is 0 Å². The second kappa shape index (κ2) is 6.35. The van der Waals surface area contributed by atoms with Gasteiger partial charge in [0.25, 0.3) is 0 Å². The molecule has 0 aromatic heterocycles. The minimum atomic E-state index is 0.430. The molecule has 1 aromatic carbocycles. The lowest BCUT2D eigenvalue weighted by atomic mass is 9.94. The Morgan fingerprint density at radius 1 is 1.17 bits per heavy atom. The fourth-order valence-electron chi connectivity index (χ4n) is 2.99. The van der Waals surface area contributed by atoms with Gasteiger partial charge in [0, 0.05) is 12.1 Å². The van der Waals surface area contributed by atoms with E-state index in [4.69, 9.17) is 0 Å². The van der Waals surface area contributed by atoms with Crippen molar-refractivity contribution in [2.75, 3.05) is 20.1 Å². The van der Waals surface area contributed by atoms with E-state index in [1.54, 1.807) is 0 Å². The maximum absolute atomic E-state index is 3.48. The molecule has 0 spiro atoms. The van der Waals surface area contributed by atoms with Gasteiger partial charge in [0.2, 0.25) is 0 Å². The maximum atomic E-state index is 3.48. The first-order chi connectivity index (χ1) is 8.72. The SMILES string of the molecule is CNC(c1ccccc1)C(C)N1CCC(C)CC1. The highest BCUT2D eigenvalue weighted by Gasteiger charge is 2.26. The van der Waals surface area contributed by atoms with Crippen molar-refractivity contribution in [2.24, 2.45) is 5.92 Å². The van der Waals surface area contributed by atoms with Gasteiger partial charge in [-0.1, -0.05) is 37.3 Å². The third kappa shape index (κ3) is 3.12. The number of benzene rings is 1. The molecule has 1 N–H and O–H groups in total. The van der Waals surface area contributed by atoms with Gasteiger partial charge < -0.3 is 5.32 Å². The summed E-state index contributed by atoms with van der Waals surface area (Å²) in [6, 6.07) is 11.8. The Bertz CT molecular complexity index is 341. The van der Waals surface area contributed by atoms with Crippen molar-refractivity contribution < 1.29 is 0 Å². The minimum Gasteiger partial charge on any atom is -0.312 e. The molecule has 2 unspecified atom stereocenters. The molecule has 1 saturated heterocycles. The molecule has 2 rings (SSSR count). The van der Waals surface area contributed by atoms with Crippen LogP contribution >= 0.6 is 0 Å². The summed E-state index contributed by atoms with van der Waals surface area (Å²) in [5, 5.41) is 3.48. The van der Waals surface area contributed by atoms with Crippen molar-refractivity contribution in [3.05, 3.63) is 35.9 Å². The number of hydrogen-bond donors (Lipinski definition) is 1. The molecule has 1 fully saturated rings. The van der Waals surface area contributed by atoms with Crippen LogP contribution in [0, 0.1) is 5.92 Å². The molecule has 0 radical (unpaired) electrons. The molecule has 0 bridgehead atoms. The number of nitrogens with one attached hydrogen (secondary N) is 1. The van der Waals surface area contributed by atoms with Crippen molar-refractivity contribution >= 4 is 0 Å². The Hall–Kier alpha value is -0.860. The molecule has 100 valence electrons. The van der Waals surface area contributed by atoms with Gasteiger partial charge in [0.1, 0.15) is 0 Å². The normalized spacial score (nSPS) is 21.7. The van der Waals surface area contributed by atoms with E-state index in [0.29, 0.717) is 12.1 Å². The van der Waals surface area contributed by atoms with Gasteiger partial charge in [-0.05, 0) is 51.4 Å². The summed E-state index contributed by atoms with van der Waals surface area (Å²) >= 11 is 0. The zero-order valence-corrected chi connectivity index (χ0v) is 11.9. The maximum Gasteiger partial charge on any atom is 0.0473 e. The summed E-state index contributed by atoms with van der Waals surface area (Å²) in [6.45, 7) is 7.21. The van der Waals surface area contributed by atoms with Crippen LogP contribution in [0.15, 0.2) is 30.3 Å². The van der Waals surface area contributed by atoms with Crippen molar-refractivity contribution in [2.45, 2.75) is 38.8 Å². The fourth-order valence-corrected chi connectivity index (χ4v) is 2.99. The summed E-state index contributed by atoms with van der Waals surface area (Å²) in [5.74, 6) is 0.901. The van der Waals surface area contributed by atoms with E-state index in [1.165, 1.54) is 31.5 Å². The predicted octanol–water partition coefficient (Wildman–Crippen LogP) is 3.07. The summed E-state index contributed by atoms with van der Waals surface area (Å²) in [5.41, 5.74) is 1.39. The van der Waals surface area contributed by atoms with Crippen LogP contribution in [-0.2, 0) is 0 Å². The first kappa shape index (κ1) is 13.6. The number of rotatable bonds is 4. The smallest absolute Gasteiger partial charge is 0.0473 e. The van der Waals surface area contributed by atoms with Crippen LogP contribution in [0.2, 0.25) is 0 Å². The van der Waals surface area contributed by atoms with Gasteiger partial charge in [-0.25, -0.2) is 0 Å². The number of nitrogens with zero attached hydrogens (tertiary/aromatic N) is 1. The van der Waals surface area contributed by atoms with E-state index in [-0.39, 0.29) is 0 Å². The standard InChI is InChI=1S/C16H26N2/c1-13-9-11-18(12-10-13)14(2)16(17-3)15-7-5-4-6-8-15/h4-8,13-14,16-17H,9-12H2,1-3H3. The molecule has 1 aromatic rings. The van der Waals surface area contributed by atoms with Crippen LogP contribution < -0.4 is 5.32 Å². The Kier molecular flexibility index (Phi) is 4.79. The summed E-state index contributed by atoms with van der Waals surface area (Å²) in [4.78, 5) is 2.63. The van der Waals surface area contributed by atoms with Gasteiger partial charge in [0.05, 0.1) is 0 Å². The third-order valence-electron chi connectivity index (χ3n) is 4.35. The molecular weight excluding hydrogens is 220 g/mol. The molecule has 0 aliphatic carbocycles. The van der Waals surface area contributed by atoms with Crippen molar-refractivity contribution in [1.29, 1.82) is 0 Å². The lowest BCUT2D eigenvalue weighted by Gasteiger charge is -2.39. The van der Waals surface area contributed by atoms with Gasteiger partial charge in [-0.3, -0.25) is 4.90 Å². The molecule has 1 heterocycles. The van der Waals surface area contributed by atoms with Gasteiger partial charge in [0.15, 0.2) is 0 Å². The molecule has 1 aliphatic rings. The summed E-state index contributed by atoms with van der Waals surface area (Å²) in [6.07, 6.45) is 2.69. The topological polar surface area (TPSA) is 15.3 Å². The first-order valence-corrected chi connectivity index (χ1v) is 7.18. The van der Waals surface area contributed by atoms with E-state index in [0.717, 1.165) is 5.92 Å². The largest absolute Gasteiger partial charge is 0.312 e. The predicted molar refractivity (Wildman–Crippen MR) is 77.7 cm³/mol. The summed E-state index contributed by atoms with van der Waals surface area (Å²) < 4.78 is 0. The second-order valence-corrected chi connectivity index (χ2v) is 5.64. The monoisotopic (exact) mass is 246 g/mol. The lowest BCUT2D eigenvalue weighted by molar-refractivity contribution is 0.122. The highest BCUT2D eigenvalue weighted by Crippen LogP contribution is 2.25. The van der Waals surface area contributed by atoms with Crippen molar-refractivity contribution in [3.63, 3.8) is 0 Å². The Morgan fingerprint density at radius 2 is 1.78 bits per heavy atom. The number of likely N-dealkylation sites (N-methyl/N-ethyl adjacent to an activating group) is 1. The number of hydrogen-bond acceptors (Lipinski definition) is 2. The molecule has 0 amide bonds. The Balaban J connectivity index is 2.04. The average molecular weight is 246 g/mol. The summed E-state index contributed by atoms with van der Waals surface area (Å²) in [7, 11) is 2.07. The molecular formula is C16H26N2. The first-order valence-electron chi connectivity index (χ1n) is 7.18. The van der Waals surface area contributed by atoms with Gasteiger partial charge >= 0.3 is 0 Å². The van der Waals surface area contributed by atoms with Crippen LogP contribution in [0.25, 0.3) is 0 Å². The van der Waals surface area contributed by atoms with E-state index in [1.807, 2.05) is 0 Å². The van der Waals surface area contributed by atoms with E-state index < -0.39 is 0 Å². The molecule has 18 heavy (non-hydrogen) atoms. The molecule has 0 saturated carbocycles. The quantitative estimate of drug-likeness (QED) is 0.878. The Labute approximate surface area is 111 Å². The van der Waals surface area contributed by atoms with E-state index in [2.05, 4.69) is 61.4 Å². The van der Waals surface area contributed by atoms with Crippen LogP contribution in [0.5, 0.6) is 0 Å². The van der Waals surface area contributed by atoms with Crippen LogP contribution in [0.1, 0.15) is 38.3 Å². The van der Waals surface area contributed by atoms with Gasteiger partial charge in [-0.15, -0.1) is 0 Å². The highest BCUT2D eigenvalue weighted by molar-refractivity contribution is 5.20. The van der Waals surface area contributed by atoms with E-state index in [9.17, 15) is 0 Å². The average Bonchev–Trinajstić information content (AvgIpc) is 2.41. The second-order valence-electron chi connectivity index (χ2n) is 5.64. The van der Waals surface area contributed by atoms with E-state index >= 15 is 0 Å². The minimum absolute atomic E-state index is 0.430. The molecule has 1 aliphatic heterocycles. The molecule has 2 heteroatoms.